The van der Waals surface area contributed by atoms with E-state index in [2.05, 4.69) is 14.6 Å². The summed E-state index contributed by atoms with van der Waals surface area (Å²) in [5.74, 6) is -4.52. The highest BCUT2D eigenvalue weighted by molar-refractivity contribution is 7.85. The van der Waals surface area contributed by atoms with Crippen LogP contribution in [0, 0.1) is 12.7 Å². The molecule has 0 N–H and O–H groups in total. The molecule has 5 nitrogen and oxygen atoms in total. The van der Waals surface area contributed by atoms with E-state index in [4.69, 9.17) is 23.2 Å². The maximum atomic E-state index is 14.4. The average molecular weight is 557 g/mol. The molecule has 0 aliphatic rings. The van der Waals surface area contributed by atoms with Gasteiger partial charge in [0.1, 0.15) is 22.3 Å². The van der Waals surface area contributed by atoms with Crippen LogP contribution in [0.1, 0.15) is 5.56 Å². The van der Waals surface area contributed by atoms with Gasteiger partial charge >= 0.3 is 25.0 Å². The first kappa shape index (κ1) is 27.5. The maximum absolute atomic E-state index is 14.4. The summed E-state index contributed by atoms with van der Waals surface area (Å²) in [6.07, 6.45) is -20.3. The van der Waals surface area contributed by atoms with Gasteiger partial charge in [-0.15, -0.1) is 18.3 Å². The van der Waals surface area contributed by atoms with Gasteiger partial charge in [0.15, 0.2) is 5.15 Å². The predicted octanol–water partition coefficient (Wildman–Crippen LogP) is 6.10. The van der Waals surface area contributed by atoms with Crippen LogP contribution in [0.5, 0.6) is 5.88 Å². The van der Waals surface area contributed by atoms with E-state index in [0.29, 0.717) is 12.1 Å². The van der Waals surface area contributed by atoms with Crippen molar-refractivity contribution < 1.29 is 57.6 Å². The lowest BCUT2D eigenvalue weighted by molar-refractivity contribution is -0.411. The van der Waals surface area contributed by atoms with Crippen LogP contribution in [0.2, 0.25) is 10.2 Å². The molecule has 0 radical (unpaired) electrons. The number of hydrogen-bond donors (Lipinski definition) is 0. The molecule has 1 aromatic carbocycles. The van der Waals surface area contributed by atoms with Gasteiger partial charge in [0.2, 0.25) is 0 Å². The van der Waals surface area contributed by atoms with Crippen molar-refractivity contribution in [1.82, 2.24) is 9.78 Å². The third kappa shape index (κ3) is 6.86. The number of aryl methyl sites for hydroxylation is 1. The average Bonchev–Trinajstić information content (AvgIpc) is 2.86. The fraction of sp³-hybridized carbons (Fsp3) is 0.400. The molecule has 2 rings (SSSR count). The Labute approximate surface area is 189 Å². The minimum absolute atomic E-state index is 0.180. The molecule has 0 fully saturated rings. The van der Waals surface area contributed by atoms with Crippen LogP contribution in [-0.2, 0) is 15.5 Å². The largest absolute Gasteiger partial charge is 0.525 e. The fourth-order valence-electron chi connectivity index (χ4n) is 2.22. The maximum Gasteiger partial charge on any atom is 0.525 e. The van der Waals surface area contributed by atoms with Gasteiger partial charge < -0.3 is 4.74 Å². The number of alkyl halides is 9. The van der Waals surface area contributed by atoms with E-state index in [1.54, 1.807) is 0 Å². The lowest BCUT2D eigenvalue weighted by Gasteiger charge is -2.21. The van der Waals surface area contributed by atoms with Crippen LogP contribution < -0.4 is 4.74 Å². The highest BCUT2D eigenvalue weighted by atomic mass is 35.5. The Morgan fingerprint density at radius 1 is 1.12 bits per heavy atom. The number of aromatic nitrogens is 2. The lowest BCUT2D eigenvalue weighted by atomic mass is 10.2. The molecular weight excluding hydrogens is 549 g/mol. The van der Waals surface area contributed by atoms with Gasteiger partial charge in [0.25, 0.3) is 5.88 Å². The zero-order chi connectivity index (χ0) is 25.5. The summed E-state index contributed by atoms with van der Waals surface area (Å²) < 4.78 is 147. The summed E-state index contributed by atoms with van der Waals surface area (Å²) in [5, 5.41) is 1.25. The zero-order valence-electron chi connectivity index (χ0n) is 15.5. The van der Waals surface area contributed by atoms with Crippen molar-refractivity contribution in [3.05, 3.63) is 33.7 Å². The molecule has 0 saturated heterocycles. The van der Waals surface area contributed by atoms with Crippen molar-refractivity contribution in [2.75, 3.05) is 5.75 Å². The Morgan fingerprint density at radius 2 is 1.70 bits per heavy atom. The van der Waals surface area contributed by atoms with Crippen molar-refractivity contribution in [2.45, 2.75) is 36.8 Å². The van der Waals surface area contributed by atoms with Crippen LogP contribution in [0.4, 0.5) is 43.9 Å². The normalized spacial score (nSPS) is 14.9. The first-order valence-electron chi connectivity index (χ1n) is 7.97. The van der Waals surface area contributed by atoms with Crippen LogP contribution in [0.3, 0.4) is 0 Å². The minimum atomic E-state index is -5.81. The minimum Gasteiger partial charge on any atom is -0.407 e. The van der Waals surface area contributed by atoms with Crippen molar-refractivity contribution in [3.8, 4) is 11.6 Å². The SMILES string of the molecule is Cc1cc(F)c(-n2nc(OC(F)(F)C(F)OC(F)(F)F)c(Cl)c2Cl)cc1S(=O)CC(F)(F)F. The summed E-state index contributed by atoms with van der Waals surface area (Å²) in [5.41, 5.74) is -1.01. The fourth-order valence-corrected chi connectivity index (χ4v) is 3.70. The molecule has 0 saturated carbocycles. The second-order valence-electron chi connectivity index (χ2n) is 6.04. The van der Waals surface area contributed by atoms with Gasteiger partial charge in [-0.05, 0) is 24.6 Å². The van der Waals surface area contributed by atoms with E-state index in [0.717, 1.165) is 6.92 Å². The second-order valence-corrected chi connectivity index (χ2v) is 8.19. The molecule has 2 atom stereocenters. The Bertz CT molecular complexity index is 1060. The monoisotopic (exact) mass is 556 g/mol. The molecule has 2 unspecified atom stereocenters. The quantitative estimate of drug-likeness (QED) is 0.387. The summed E-state index contributed by atoms with van der Waals surface area (Å²) in [4.78, 5) is -0.526. The van der Waals surface area contributed by atoms with Crippen molar-refractivity contribution in [1.29, 1.82) is 0 Å². The number of benzene rings is 1. The Hall–Kier alpha value is -1.78. The zero-order valence-corrected chi connectivity index (χ0v) is 17.8. The number of halogens is 12. The number of hydrogen-bond acceptors (Lipinski definition) is 4. The topological polar surface area (TPSA) is 53.4 Å². The second kappa shape index (κ2) is 9.46. The van der Waals surface area contributed by atoms with Gasteiger partial charge in [-0.2, -0.15) is 22.0 Å². The van der Waals surface area contributed by atoms with Gasteiger partial charge in [-0.1, -0.05) is 23.2 Å². The summed E-state index contributed by atoms with van der Waals surface area (Å²) in [6.45, 7) is 1.13. The van der Waals surface area contributed by atoms with E-state index >= 15 is 0 Å². The van der Waals surface area contributed by atoms with Gasteiger partial charge in [0.05, 0.1) is 10.8 Å². The lowest BCUT2D eigenvalue weighted by Crippen LogP contribution is -2.41. The van der Waals surface area contributed by atoms with Crippen LogP contribution in [0.15, 0.2) is 17.0 Å². The first-order valence-corrected chi connectivity index (χ1v) is 10.0. The van der Waals surface area contributed by atoms with E-state index < -0.39 is 74.0 Å². The summed E-state index contributed by atoms with van der Waals surface area (Å²) in [6, 6.07) is 1.24. The smallest absolute Gasteiger partial charge is 0.407 e. The molecule has 33 heavy (non-hydrogen) atoms. The molecule has 0 amide bonds. The van der Waals surface area contributed by atoms with Gasteiger partial charge in [-0.3, -0.25) is 4.21 Å². The molecule has 2 aromatic rings. The molecule has 1 heterocycles. The molecule has 186 valence electrons. The molecule has 1 aromatic heterocycles. The van der Waals surface area contributed by atoms with Gasteiger partial charge in [-0.25, -0.2) is 18.2 Å². The van der Waals surface area contributed by atoms with E-state index in [1.165, 1.54) is 0 Å². The van der Waals surface area contributed by atoms with Crippen LogP contribution >= 0.6 is 23.2 Å². The summed E-state index contributed by atoms with van der Waals surface area (Å²) >= 11 is 11.3. The standard InChI is InChI=1S/C15H8Cl2F10N2O3S/c1-5-2-6(18)7(3-8(5)33(30)4-13(20,21)22)29-10(17)9(16)11(28-29)31-14(23,24)12(19)32-15(25,26)27/h2-3,12H,4H2,1H3. The Morgan fingerprint density at radius 3 is 2.21 bits per heavy atom. The molecule has 0 spiro atoms. The molecule has 18 heteroatoms. The molecular formula is C15H8Cl2F10N2O3S. The third-order valence-corrected chi connectivity index (χ3v) is 5.80. The highest BCUT2D eigenvalue weighted by Gasteiger charge is 2.51. The van der Waals surface area contributed by atoms with Crippen LogP contribution in [0.25, 0.3) is 5.69 Å². The first-order chi connectivity index (χ1) is 14.8. The molecule has 0 aliphatic carbocycles. The summed E-state index contributed by atoms with van der Waals surface area (Å²) in [7, 11) is -2.73. The molecule has 0 bridgehead atoms. The van der Waals surface area contributed by atoms with E-state index in [9.17, 15) is 48.1 Å². The Balaban J connectivity index is 2.47. The predicted molar refractivity (Wildman–Crippen MR) is 93.2 cm³/mol. The van der Waals surface area contributed by atoms with Crippen LogP contribution in [-0.4, -0.2) is 44.7 Å². The van der Waals surface area contributed by atoms with Crippen molar-refractivity contribution in [3.63, 3.8) is 0 Å². The number of nitrogens with zero attached hydrogens (tertiary/aromatic N) is 2. The van der Waals surface area contributed by atoms with Gasteiger partial charge in [0, 0.05) is 4.90 Å². The Kier molecular flexibility index (Phi) is 7.87. The van der Waals surface area contributed by atoms with E-state index in [-0.39, 0.29) is 10.2 Å². The van der Waals surface area contributed by atoms with E-state index in [1.807, 2.05) is 0 Å². The van der Waals surface area contributed by atoms with Crippen molar-refractivity contribution >= 4 is 34.0 Å². The highest BCUT2D eigenvalue weighted by Crippen LogP contribution is 2.39. The number of rotatable bonds is 7. The third-order valence-electron chi connectivity index (χ3n) is 3.49. The number of ether oxygens (including phenoxy) is 2. The van der Waals surface area contributed by atoms with Crippen molar-refractivity contribution in [2.24, 2.45) is 0 Å². The molecule has 0 aliphatic heterocycles.